The van der Waals surface area contributed by atoms with E-state index >= 15 is 0 Å². The fourth-order valence-corrected chi connectivity index (χ4v) is 5.51. The number of allylic oxidation sites excluding steroid dienone is 2. The standard InChI is InChI=1S/C24H36FN/c1-6-11-26-12-9-18(10-13-26)22-14-20(25)7-8-21(22)19-15-23(2,3)17-24(4,5)16-19/h7-8,14-15,18H,6,9-13,16-17H2,1-5H3. The van der Waals surface area contributed by atoms with Crippen LogP contribution in [0.3, 0.4) is 0 Å². The molecular formula is C24H36FN. The summed E-state index contributed by atoms with van der Waals surface area (Å²) in [5, 5.41) is 0. The average molecular weight is 358 g/mol. The monoisotopic (exact) mass is 357 g/mol. The number of piperidine rings is 1. The van der Waals surface area contributed by atoms with Crippen LogP contribution in [0.25, 0.3) is 5.57 Å². The van der Waals surface area contributed by atoms with Gasteiger partial charge in [0.05, 0.1) is 0 Å². The van der Waals surface area contributed by atoms with Gasteiger partial charge in [0.2, 0.25) is 0 Å². The molecule has 0 unspecified atom stereocenters. The summed E-state index contributed by atoms with van der Waals surface area (Å²) in [5.41, 5.74) is 4.48. The van der Waals surface area contributed by atoms with Crippen molar-refractivity contribution in [1.82, 2.24) is 4.90 Å². The first-order chi connectivity index (χ1) is 12.2. The largest absolute Gasteiger partial charge is 0.303 e. The van der Waals surface area contributed by atoms with Crippen LogP contribution in [0.15, 0.2) is 24.3 Å². The molecule has 2 aliphatic rings. The van der Waals surface area contributed by atoms with Crippen molar-refractivity contribution in [2.45, 2.75) is 72.6 Å². The maximum Gasteiger partial charge on any atom is 0.123 e. The topological polar surface area (TPSA) is 3.24 Å². The summed E-state index contributed by atoms with van der Waals surface area (Å²) < 4.78 is 14.1. The smallest absolute Gasteiger partial charge is 0.123 e. The van der Waals surface area contributed by atoms with Gasteiger partial charge in [0.15, 0.2) is 0 Å². The minimum Gasteiger partial charge on any atom is -0.303 e. The summed E-state index contributed by atoms with van der Waals surface area (Å²) in [4.78, 5) is 2.56. The first-order valence-electron chi connectivity index (χ1n) is 10.4. The van der Waals surface area contributed by atoms with E-state index in [4.69, 9.17) is 0 Å². The highest BCUT2D eigenvalue weighted by molar-refractivity contribution is 5.71. The molecule has 1 heterocycles. The summed E-state index contributed by atoms with van der Waals surface area (Å²) in [5.74, 6) is 0.400. The fraction of sp³-hybridized carbons (Fsp3) is 0.667. The normalized spacial score (nSPS) is 23.7. The van der Waals surface area contributed by atoms with Crippen LogP contribution in [0.2, 0.25) is 0 Å². The highest BCUT2D eigenvalue weighted by atomic mass is 19.1. The van der Waals surface area contributed by atoms with Gasteiger partial charge in [-0.2, -0.15) is 0 Å². The number of hydrogen-bond acceptors (Lipinski definition) is 1. The van der Waals surface area contributed by atoms with Gasteiger partial charge in [0.1, 0.15) is 5.82 Å². The Morgan fingerprint density at radius 3 is 2.42 bits per heavy atom. The van der Waals surface area contributed by atoms with Crippen molar-refractivity contribution in [3.63, 3.8) is 0 Å². The Labute approximate surface area is 159 Å². The molecule has 3 rings (SSSR count). The van der Waals surface area contributed by atoms with Crippen molar-refractivity contribution in [3.8, 4) is 0 Å². The molecular weight excluding hydrogens is 321 g/mol. The van der Waals surface area contributed by atoms with E-state index in [1.807, 2.05) is 12.1 Å². The zero-order chi connectivity index (χ0) is 18.9. The van der Waals surface area contributed by atoms with Crippen LogP contribution in [0, 0.1) is 16.6 Å². The Kier molecular flexibility index (Phi) is 5.63. The van der Waals surface area contributed by atoms with E-state index in [1.54, 1.807) is 6.07 Å². The second-order valence-electron chi connectivity index (χ2n) is 10.0. The quantitative estimate of drug-likeness (QED) is 0.583. The van der Waals surface area contributed by atoms with Crippen LogP contribution in [0.1, 0.15) is 83.8 Å². The van der Waals surface area contributed by atoms with Gasteiger partial charge in [-0.1, -0.05) is 46.8 Å². The van der Waals surface area contributed by atoms with Gasteiger partial charge in [-0.15, -0.1) is 0 Å². The molecule has 1 saturated heterocycles. The molecule has 26 heavy (non-hydrogen) atoms. The lowest BCUT2D eigenvalue weighted by molar-refractivity contribution is 0.212. The summed E-state index contributed by atoms with van der Waals surface area (Å²) in [6.07, 6.45) is 8.26. The predicted octanol–water partition coefficient (Wildman–Crippen LogP) is 6.64. The molecule has 0 spiro atoms. The second kappa shape index (κ2) is 7.46. The minimum absolute atomic E-state index is 0.0883. The molecule has 1 aliphatic carbocycles. The zero-order valence-corrected chi connectivity index (χ0v) is 17.4. The zero-order valence-electron chi connectivity index (χ0n) is 17.4. The third-order valence-corrected chi connectivity index (χ3v) is 6.09. The van der Waals surface area contributed by atoms with E-state index < -0.39 is 0 Å². The van der Waals surface area contributed by atoms with Crippen LogP contribution < -0.4 is 0 Å². The van der Waals surface area contributed by atoms with Crippen molar-refractivity contribution in [3.05, 3.63) is 41.2 Å². The molecule has 0 amide bonds. The summed E-state index contributed by atoms with van der Waals surface area (Å²) in [6.45, 7) is 15.1. The number of benzene rings is 1. The minimum atomic E-state index is -0.0883. The van der Waals surface area contributed by atoms with Gasteiger partial charge in [0, 0.05) is 0 Å². The number of hydrogen-bond donors (Lipinski definition) is 0. The molecule has 1 aromatic rings. The Morgan fingerprint density at radius 1 is 1.12 bits per heavy atom. The number of rotatable bonds is 4. The Bertz CT molecular complexity index is 663. The molecule has 0 saturated carbocycles. The van der Waals surface area contributed by atoms with Gasteiger partial charge >= 0.3 is 0 Å². The lowest BCUT2D eigenvalue weighted by Crippen LogP contribution is -2.33. The van der Waals surface area contributed by atoms with Crippen LogP contribution in [-0.4, -0.2) is 24.5 Å². The molecule has 1 fully saturated rings. The Morgan fingerprint density at radius 2 is 1.81 bits per heavy atom. The van der Waals surface area contributed by atoms with Gasteiger partial charge in [0.25, 0.3) is 0 Å². The van der Waals surface area contributed by atoms with Crippen LogP contribution in [0.4, 0.5) is 4.39 Å². The van der Waals surface area contributed by atoms with E-state index in [0.29, 0.717) is 11.3 Å². The molecule has 0 aromatic heterocycles. The van der Waals surface area contributed by atoms with Gasteiger partial charge in [-0.05, 0) is 97.3 Å². The van der Waals surface area contributed by atoms with Gasteiger partial charge < -0.3 is 4.90 Å². The first-order valence-corrected chi connectivity index (χ1v) is 10.4. The van der Waals surface area contributed by atoms with Crippen molar-refractivity contribution >= 4 is 5.57 Å². The number of nitrogens with zero attached hydrogens (tertiary/aromatic N) is 1. The Balaban J connectivity index is 1.91. The van der Waals surface area contributed by atoms with Crippen molar-refractivity contribution in [1.29, 1.82) is 0 Å². The molecule has 2 heteroatoms. The van der Waals surface area contributed by atoms with E-state index in [9.17, 15) is 4.39 Å². The maximum absolute atomic E-state index is 14.1. The molecule has 0 radical (unpaired) electrons. The third-order valence-electron chi connectivity index (χ3n) is 6.09. The Hall–Kier alpha value is -1.15. The third kappa shape index (κ3) is 4.57. The summed E-state index contributed by atoms with van der Waals surface area (Å²) >= 11 is 0. The summed E-state index contributed by atoms with van der Waals surface area (Å²) in [7, 11) is 0. The second-order valence-corrected chi connectivity index (χ2v) is 10.0. The highest BCUT2D eigenvalue weighted by Crippen LogP contribution is 2.48. The van der Waals surface area contributed by atoms with Crippen molar-refractivity contribution in [2.24, 2.45) is 10.8 Å². The van der Waals surface area contributed by atoms with Crippen LogP contribution in [0.5, 0.6) is 0 Å². The predicted molar refractivity (Wildman–Crippen MR) is 110 cm³/mol. The van der Waals surface area contributed by atoms with Crippen LogP contribution >= 0.6 is 0 Å². The molecule has 0 atom stereocenters. The molecule has 0 bridgehead atoms. The van der Waals surface area contributed by atoms with Crippen molar-refractivity contribution < 1.29 is 4.39 Å². The van der Waals surface area contributed by atoms with Crippen LogP contribution in [-0.2, 0) is 0 Å². The summed E-state index contributed by atoms with van der Waals surface area (Å²) in [6, 6.07) is 5.53. The van der Waals surface area contributed by atoms with Gasteiger partial charge in [-0.25, -0.2) is 4.39 Å². The van der Waals surface area contributed by atoms with Gasteiger partial charge in [-0.3, -0.25) is 0 Å². The molecule has 0 N–H and O–H groups in total. The highest BCUT2D eigenvalue weighted by Gasteiger charge is 2.34. The molecule has 1 nitrogen and oxygen atoms in total. The van der Waals surface area contributed by atoms with E-state index in [0.717, 1.165) is 32.4 Å². The maximum atomic E-state index is 14.1. The van der Waals surface area contributed by atoms with Crippen molar-refractivity contribution in [2.75, 3.05) is 19.6 Å². The van der Waals surface area contributed by atoms with E-state index in [-0.39, 0.29) is 11.2 Å². The van der Waals surface area contributed by atoms with E-state index in [1.165, 1.54) is 36.1 Å². The number of halogens is 1. The lowest BCUT2D eigenvalue weighted by atomic mass is 9.65. The van der Waals surface area contributed by atoms with E-state index in [2.05, 4.69) is 45.6 Å². The SMILES string of the molecule is CCCN1CCC(c2cc(F)ccc2C2=CC(C)(C)CC(C)(C)C2)CC1. The molecule has 1 aliphatic heterocycles. The number of likely N-dealkylation sites (tertiary alicyclic amines) is 1. The average Bonchev–Trinajstić information content (AvgIpc) is 2.53. The molecule has 144 valence electrons. The molecule has 1 aromatic carbocycles. The lowest BCUT2D eigenvalue weighted by Gasteiger charge is -2.40. The first kappa shape index (κ1) is 19.6. The fourth-order valence-electron chi connectivity index (χ4n) is 5.51.